The second-order valence-electron chi connectivity index (χ2n) is 9.36. The molecule has 0 N–H and O–H groups in total. The first kappa shape index (κ1) is 23.1. The Balaban J connectivity index is 1.64. The van der Waals surface area contributed by atoms with E-state index in [2.05, 4.69) is 61.8 Å². The zero-order valence-electron chi connectivity index (χ0n) is 19.2. The number of amides is 2. The molecule has 2 fully saturated rings. The van der Waals surface area contributed by atoms with Gasteiger partial charge in [-0.1, -0.05) is 58.9 Å². The lowest BCUT2D eigenvalue weighted by Gasteiger charge is -2.36. The van der Waals surface area contributed by atoms with Gasteiger partial charge in [-0.05, 0) is 23.0 Å². The van der Waals surface area contributed by atoms with Crippen molar-refractivity contribution < 1.29 is 9.59 Å². The van der Waals surface area contributed by atoms with Crippen molar-refractivity contribution in [2.75, 3.05) is 39.3 Å². The molecule has 0 aromatic heterocycles. The number of benzene rings is 1. The molecule has 2 heterocycles. The lowest BCUT2D eigenvalue weighted by molar-refractivity contribution is -0.132. The molecule has 0 saturated carbocycles. The minimum Gasteiger partial charge on any atom is -0.340 e. The van der Waals surface area contributed by atoms with Crippen LogP contribution in [-0.4, -0.2) is 71.0 Å². The Labute approximate surface area is 186 Å². The predicted octanol–water partition coefficient (Wildman–Crippen LogP) is 3.89. The molecular formula is C24H37N3O2S. The molecule has 30 heavy (non-hydrogen) atoms. The van der Waals surface area contributed by atoms with Crippen molar-refractivity contribution in [3.05, 3.63) is 35.4 Å². The number of nitrogens with zero attached hydrogens (tertiary/aromatic N) is 3. The van der Waals surface area contributed by atoms with Crippen LogP contribution in [0.3, 0.4) is 0 Å². The second kappa shape index (κ2) is 9.73. The van der Waals surface area contributed by atoms with Gasteiger partial charge in [0.15, 0.2) is 0 Å². The van der Waals surface area contributed by atoms with Gasteiger partial charge in [0.2, 0.25) is 11.8 Å². The summed E-state index contributed by atoms with van der Waals surface area (Å²) in [6.07, 6.45) is 1.45. The first-order valence-electron chi connectivity index (χ1n) is 11.3. The van der Waals surface area contributed by atoms with E-state index in [0.717, 1.165) is 45.7 Å². The Kier molecular flexibility index (Phi) is 7.51. The standard InChI is InChI=1S/C24H37N3O2S/c1-6-20-22(29)27(17-14-25-12-15-26(16-13-25)21(28)7-2)23(30-20)18-8-10-19(11-9-18)24(3,4)5/h8-11,20,23H,6-7,12-17H2,1-5H3/t20-,23+/m1/s1. The third kappa shape index (κ3) is 5.20. The highest BCUT2D eigenvalue weighted by Crippen LogP contribution is 2.44. The lowest BCUT2D eigenvalue weighted by Crippen LogP contribution is -2.50. The van der Waals surface area contributed by atoms with Gasteiger partial charge < -0.3 is 9.80 Å². The van der Waals surface area contributed by atoms with Gasteiger partial charge in [0.25, 0.3) is 0 Å². The summed E-state index contributed by atoms with van der Waals surface area (Å²) in [5.74, 6) is 0.512. The highest BCUT2D eigenvalue weighted by Gasteiger charge is 2.40. The molecule has 2 amide bonds. The molecule has 166 valence electrons. The Morgan fingerprint density at radius 2 is 1.67 bits per heavy atom. The van der Waals surface area contributed by atoms with Gasteiger partial charge >= 0.3 is 0 Å². The zero-order chi connectivity index (χ0) is 21.9. The molecule has 2 aliphatic heterocycles. The van der Waals surface area contributed by atoms with E-state index < -0.39 is 0 Å². The molecule has 0 unspecified atom stereocenters. The van der Waals surface area contributed by atoms with Gasteiger partial charge in [-0.25, -0.2) is 0 Å². The Hall–Kier alpha value is -1.53. The largest absolute Gasteiger partial charge is 0.340 e. The predicted molar refractivity (Wildman–Crippen MR) is 125 cm³/mol. The first-order chi connectivity index (χ1) is 14.2. The summed E-state index contributed by atoms with van der Waals surface area (Å²) in [7, 11) is 0. The first-order valence-corrected chi connectivity index (χ1v) is 12.2. The number of carbonyl (C=O) groups is 2. The van der Waals surface area contributed by atoms with Crippen LogP contribution >= 0.6 is 11.8 Å². The maximum absolute atomic E-state index is 13.0. The van der Waals surface area contributed by atoms with Crippen molar-refractivity contribution in [3.63, 3.8) is 0 Å². The van der Waals surface area contributed by atoms with Crippen LogP contribution in [0.2, 0.25) is 0 Å². The number of rotatable bonds is 6. The normalized spacial score (nSPS) is 23.3. The monoisotopic (exact) mass is 431 g/mol. The molecule has 1 aromatic rings. The fourth-order valence-electron chi connectivity index (χ4n) is 4.19. The van der Waals surface area contributed by atoms with E-state index in [4.69, 9.17) is 0 Å². The van der Waals surface area contributed by atoms with E-state index in [1.807, 2.05) is 11.8 Å². The van der Waals surface area contributed by atoms with Crippen LogP contribution in [0, 0.1) is 0 Å². The molecule has 6 heteroatoms. The Bertz CT molecular complexity index is 736. The van der Waals surface area contributed by atoms with E-state index in [0.29, 0.717) is 6.42 Å². The molecule has 0 aliphatic carbocycles. The number of hydrogen-bond acceptors (Lipinski definition) is 4. The average Bonchev–Trinajstić information content (AvgIpc) is 3.07. The van der Waals surface area contributed by atoms with Crippen molar-refractivity contribution in [1.82, 2.24) is 14.7 Å². The minimum absolute atomic E-state index is 0.0521. The third-order valence-corrected chi connectivity index (χ3v) is 7.90. The summed E-state index contributed by atoms with van der Waals surface area (Å²) < 4.78 is 0. The van der Waals surface area contributed by atoms with Crippen LogP contribution < -0.4 is 0 Å². The van der Waals surface area contributed by atoms with Crippen molar-refractivity contribution in [1.29, 1.82) is 0 Å². The molecule has 3 rings (SSSR count). The summed E-state index contributed by atoms with van der Waals surface area (Å²) in [6.45, 7) is 15.7. The molecule has 2 atom stereocenters. The topological polar surface area (TPSA) is 43.9 Å². The smallest absolute Gasteiger partial charge is 0.236 e. The Morgan fingerprint density at radius 3 is 2.20 bits per heavy atom. The van der Waals surface area contributed by atoms with Gasteiger partial charge in [-0.3, -0.25) is 14.5 Å². The highest BCUT2D eigenvalue weighted by atomic mass is 32.2. The molecular weight excluding hydrogens is 394 g/mol. The van der Waals surface area contributed by atoms with Gasteiger partial charge in [0.1, 0.15) is 5.37 Å². The van der Waals surface area contributed by atoms with Gasteiger partial charge in [0.05, 0.1) is 5.25 Å². The van der Waals surface area contributed by atoms with Crippen LogP contribution in [-0.2, 0) is 15.0 Å². The van der Waals surface area contributed by atoms with Crippen molar-refractivity contribution in [2.45, 2.75) is 63.5 Å². The van der Waals surface area contributed by atoms with E-state index in [1.165, 1.54) is 11.1 Å². The quantitative estimate of drug-likeness (QED) is 0.685. The van der Waals surface area contributed by atoms with Crippen LogP contribution in [0.1, 0.15) is 64.0 Å². The van der Waals surface area contributed by atoms with Crippen molar-refractivity contribution in [3.8, 4) is 0 Å². The Morgan fingerprint density at radius 1 is 1.03 bits per heavy atom. The van der Waals surface area contributed by atoms with Crippen molar-refractivity contribution >= 4 is 23.6 Å². The number of piperazine rings is 1. The number of hydrogen-bond donors (Lipinski definition) is 0. The maximum Gasteiger partial charge on any atom is 0.236 e. The lowest BCUT2D eigenvalue weighted by atomic mass is 9.86. The van der Waals surface area contributed by atoms with Gasteiger partial charge in [-0.2, -0.15) is 0 Å². The third-order valence-electron chi connectivity index (χ3n) is 6.25. The van der Waals surface area contributed by atoms with Crippen LogP contribution in [0.15, 0.2) is 24.3 Å². The molecule has 5 nitrogen and oxygen atoms in total. The summed E-state index contributed by atoms with van der Waals surface area (Å²) in [4.78, 5) is 31.3. The summed E-state index contributed by atoms with van der Waals surface area (Å²) in [5, 5.41) is 0.149. The summed E-state index contributed by atoms with van der Waals surface area (Å²) >= 11 is 1.79. The highest BCUT2D eigenvalue weighted by molar-refractivity contribution is 8.01. The van der Waals surface area contributed by atoms with Gasteiger partial charge in [0, 0.05) is 45.7 Å². The van der Waals surface area contributed by atoms with Crippen LogP contribution in [0.5, 0.6) is 0 Å². The molecule has 0 bridgehead atoms. The second-order valence-corrected chi connectivity index (χ2v) is 10.7. The molecule has 1 aromatic carbocycles. The number of carbonyl (C=O) groups excluding carboxylic acids is 2. The fraction of sp³-hybridized carbons (Fsp3) is 0.667. The fourth-order valence-corrected chi connectivity index (χ4v) is 5.61. The molecule has 2 aliphatic rings. The van der Waals surface area contributed by atoms with Crippen LogP contribution in [0.4, 0.5) is 0 Å². The summed E-state index contributed by atoms with van der Waals surface area (Å²) in [5.41, 5.74) is 2.67. The van der Waals surface area contributed by atoms with Gasteiger partial charge in [-0.15, -0.1) is 11.8 Å². The minimum atomic E-state index is 0.0521. The SMILES string of the molecule is CCC(=O)N1CCN(CCN2C(=O)[C@@H](CC)S[C@H]2c2ccc(C(C)(C)C)cc2)CC1. The van der Waals surface area contributed by atoms with E-state index in [1.54, 1.807) is 11.8 Å². The van der Waals surface area contributed by atoms with E-state index >= 15 is 0 Å². The van der Waals surface area contributed by atoms with Crippen LogP contribution in [0.25, 0.3) is 0 Å². The average molecular weight is 432 g/mol. The maximum atomic E-state index is 13.0. The van der Waals surface area contributed by atoms with E-state index in [-0.39, 0.29) is 27.9 Å². The molecule has 2 saturated heterocycles. The number of thioether (sulfide) groups is 1. The van der Waals surface area contributed by atoms with Crippen molar-refractivity contribution in [2.24, 2.45) is 0 Å². The molecule has 0 spiro atoms. The molecule has 0 radical (unpaired) electrons. The summed E-state index contributed by atoms with van der Waals surface area (Å²) in [6, 6.07) is 8.82. The zero-order valence-corrected chi connectivity index (χ0v) is 20.0. The van der Waals surface area contributed by atoms with E-state index in [9.17, 15) is 9.59 Å².